The topological polar surface area (TPSA) is 52.3 Å². The Kier molecular flexibility index (Phi) is 4.61. The van der Waals surface area contributed by atoms with Crippen molar-refractivity contribution in [2.45, 2.75) is 68.8 Å². The molecule has 1 aliphatic heterocycles. The van der Waals surface area contributed by atoms with Gasteiger partial charge in [0.25, 0.3) is 0 Å². The van der Waals surface area contributed by atoms with Crippen LogP contribution in [-0.4, -0.2) is 33.5 Å². The fourth-order valence-electron chi connectivity index (χ4n) is 3.11. The van der Waals surface area contributed by atoms with E-state index >= 15 is 0 Å². The predicted octanol–water partition coefficient (Wildman–Crippen LogP) is 1.96. The van der Waals surface area contributed by atoms with Crippen LogP contribution in [0.1, 0.15) is 51.9 Å². The number of hydrogen-bond acceptors (Lipinski definition) is 3. The van der Waals surface area contributed by atoms with E-state index in [0.717, 1.165) is 12.8 Å². The van der Waals surface area contributed by atoms with Crippen molar-refractivity contribution in [1.29, 1.82) is 0 Å². The second-order valence-corrected chi connectivity index (χ2v) is 7.50. The largest absolute Gasteiger partial charge is 0.371 e. The molecule has 0 aromatic rings. The summed E-state index contributed by atoms with van der Waals surface area (Å²) < 4.78 is 18.3. The molecule has 17 heavy (non-hydrogen) atoms. The van der Waals surface area contributed by atoms with Crippen LogP contribution in [0.15, 0.2) is 0 Å². The van der Waals surface area contributed by atoms with E-state index < -0.39 is 10.8 Å². The molecule has 0 radical (unpaired) electrons. The molecule has 3 unspecified atom stereocenters. The molecule has 1 heterocycles. The van der Waals surface area contributed by atoms with Gasteiger partial charge in [0.05, 0.1) is 17.5 Å². The Morgan fingerprint density at radius 1 is 1.41 bits per heavy atom. The van der Waals surface area contributed by atoms with Crippen LogP contribution < -0.4 is 5.73 Å². The average molecular weight is 259 g/mol. The van der Waals surface area contributed by atoms with Gasteiger partial charge in [-0.15, -0.1) is 0 Å². The molecule has 2 N–H and O–H groups in total. The minimum atomic E-state index is -0.776. The fourth-order valence-corrected chi connectivity index (χ4v) is 4.44. The van der Waals surface area contributed by atoms with Gasteiger partial charge in [-0.3, -0.25) is 4.21 Å². The van der Waals surface area contributed by atoms with Gasteiger partial charge < -0.3 is 10.5 Å². The van der Waals surface area contributed by atoms with Gasteiger partial charge >= 0.3 is 0 Å². The van der Waals surface area contributed by atoms with Gasteiger partial charge in [-0.2, -0.15) is 0 Å². The van der Waals surface area contributed by atoms with Crippen LogP contribution in [0.3, 0.4) is 0 Å². The summed E-state index contributed by atoms with van der Waals surface area (Å²) in [7, 11) is -0.776. The van der Waals surface area contributed by atoms with Gasteiger partial charge in [0.15, 0.2) is 0 Å². The van der Waals surface area contributed by atoms with Crippen molar-refractivity contribution in [3.05, 3.63) is 0 Å². The molecule has 100 valence electrons. The van der Waals surface area contributed by atoms with Crippen molar-refractivity contribution in [3.8, 4) is 0 Å². The highest BCUT2D eigenvalue weighted by Crippen LogP contribution is 2.43. The third kappa shape index (κ3) is 3.30. The minimum absolute atomic E-state index is 0.173. The third-order valence-electron chi connectivity index (χ3n) is 4.23. The molecular weight excluding hydrogens is 234 g/mol. The molecule has 3 nitrogen and oxygen atoms in total. The second kappa shape index (κ2) is 5.81. The van der Waals surface area contributed by atoms with Crippen LogP contribution in [0, 0.1) is 0 Å². The SMILES string of the molecule is CC(CCN)S(=O)CC1CCC2(CCCC2)O1. The number of ether oxygens (including phenoxy) is 1. The molecule has 1 saturated heterocycles. The monoisotopic (exact) mass is 259 g/mol. The molecule has 4 heteroatoms. The summed E-state index contributed by atoms with van der Waals surface area (Å²) in [5.41, 5.74) is 5.68. The van der Waals surface area contributed by atoms with E-state index in [1.807, 2.05) is 6.92 Å². The van der Waals surface area contributed by atoms with Crippen LogP contribution in [-0.2, 0) is 15.5 Å². The quantitative estimate of drug-likeness (QED) is 0.821. The van der Waals surface area contributed by atoms with Crippen molar-refractivity contribution < 1.29 is 8.95 Å². The summed E-state index contributed by atoms with van der Waals surface area (Å²) in [5, 5.41) is 0.212. The Balaban J connectivity index is 1.79. The summed E-state index contributed by atoms with van der Waals surface area (Å²) in [5.74, 6) is 0.711. The summed E-state index contributed by atoms with van der Waals surface area (Å²) in [4.78, 5) is 0. The lowest BCUT2D eigenvalue weighted by molar-refractivity contribution is -0.0270. The Morgan fingerprint density at radius 2 is 2.12 bits per heavy atom. The van der Waals surface area contributed by atoms with Crippen molar-refractivity contribution in [2.24, 2.45) is 5.73 Å². The van der Waals surface area contributed by atoms with E-state index in [0.29, 0.717) is 12.3 Å². The van der Waals surface area contributed by atoms with Gasteiger partial charge in [-0.1, -0.05) is 19.8 Å². The molecule has 3 atom stereocenters. The van der Waals surface area contributed by atoms with Crippen LogP contribution in [0.2, 0.25) is 0 Å². The van der Waals surface area contributed by atoms with E-state index in [1.54, 1.807) is 0 Å². The molecule has 2 rings (SSSR count). The number of nitrogens with two attached hydrogens (primary N) is 1. The van der Waals surface area contributed by atoms with Crippen LogP contribution in [0.4, 0.5) is 0 Å². The van der Waals surface area contributed by atoms with Crippen molar-refractivity contribution in [1.82, 2.24) is 0 Å². The summed E-state index contributed by atoms with van der Waals surface area (Å²) in [6.07, 6.45) is 8.40. The zero-order chi connectivity index (χ0) is 12.3. The van der Waals surface area contributed by atoms with Crippen molar-refractivity contribution in [2.75, 3.05) is 12.3 Å². The highest BCUT2D eigenvalue weighted by Gasteiger charge is 2.42. The minimum Gasteiger partial charge on any atom is -0.371 e. The molecule has 2 fully saturated rings. The lowest BCUT2D eigenvalue weighted by atomic mass is 9.98. The molecule has 1 aliphatic carbocycles. The van der Waals surface area contributed by atoms with E-state index in [1.165, 1.54) is 32.1 Å². The molecule has 0 aromatic carbocycles. The number of rotatable bonds is 5. The van der Waals surface area contributed by atoms with E-state index in [9.17, 15) is 4.21 Å². The zero-order valence-electron chi connectivity index (χ0n) is 10.8. The first-order valence-electron chi connectivity index (χ1n) is 6.90. The van der Waals surface area contributed by atoms with E-state index in [4.69, 9.17) is 10.5 Å². The van der Waals surface area contributed by atoms with Crippen LogP contribution >= 0.6 is 0 Å². The molecular formula is C13H25NO2S. The fraction of sp³-hybridized carbons (Fsp3) is 1.00. The first-order valence-corrected chi connectivity index (χ1v) is 8.28. The molecule has 2 aliphatic rings. The van der Waals surface area contributed by atoms with Gasteiger partial charge in [0.1, 0.15) is 0 Å². The Bertz CT molecular complexity index is 277. The lowest BCUT2D eigenvalue weighted by Crippen LogP contribution is -2.29. The van der Waals surface area contributed by atoms with Gasteiger partial charge in [-0.05, 0) is 38.6 Å². The number of hydrogen-bond donors (Lipinski definition) is 1. The zero-order valence-corrected chi connectivity index (χ0v) is 11.6. The van der Waals surface area contributed by atoms with E-state index in [-0.39, 0.29) is 17.0 Å². The first kappa shape index (κ1) is 13.5. The second-order valence-electron chi connectivity index (χ2n) is 5.60. The maximum atomic E-state index is 12.1. The van der Waals surface area contributed by atoms with Gasteiger partial charge in [0, 0.05) is 16.0 Å². The third-order valence-corrected chi connectivity index (χ3v) is 6.06. The van der Waals surface area contributed by atoms with Crippen LogP contribution in [0.25, 0.3) is 0 Å². The Morgan fingerprint density at radius 3 is 2.76 bits per heavy atom. The summed E-state index contributed by atoms with van der Waals surface area (Å²) in [6.45, 7) is 2.66. The molecule has 1 saturated carbocycles. The smallest absolute Gasteiger partial charge is 0.0699 e. The van der Waals surface area contributed by atoms with Crippen molar-refractivity contribution in [3.63, 3.8) is 0 Å². The van der Waals surface area contributed by atoms with Crippen LogP contribution in [0.5, 0.6) is 0 Å². The Labute approximate surface area is 107 Å². The summed E-state index contributed by atoms with van der Waals surface area (Å²) in [6, 6.07) is 0. The highest BCUT2D eigenvalue weighted by atomic mass is 32.2. The Hall–Kier alpha value is 0.0700. The molecule has 0 amide bonds. The standard InChI is InChI=1S/C13H25NO2S/c1-11(5-9-14)17(15)10-12-4-8-13(16-12)6-2-3-7-13/h11-12H,2-10,14H2,1H3. The molecule has 0 aromatic heterocycles. The predicted molar refractivity (Wildman–Crippen MR) is 71.4 cm³/mol. The maximum absolute atomic E-state index is 12.1. The van der Waals surface area contributed by atoms with E-state index in [2.05, 4.69) is 0 Å². The van der Waals surface area contributed by atoms with Gasteiger partial charge in [0.2, 0.25) is 0 Å². The molecule has 1 spiro atoms. The highest BCUT2D eigenvalue weighted by molar-refractivity contribution is 7.85. The lowest BCUT2D eigenvalue weighted by Gasteiger charge is -2.24. The normalized spacial score (nSPS) is 30.8. The maximum Gasteiger partial charge on any atom is 0.0699 e. The first-order chi connectivity index (χ1) is 8.15. The molecule has 0 bridgehead atoms. The average Bonchev–Trinajstić information content (AvgIpc) is 2.90. The van der Waals surface area contributed by atoms with Gasteiger partial charge in [-0.25, -0.2) is 0 Å². The summed E-state index contributed by atoms with van der Waals surface area (Å²) >= 11 is 0. The van der Waals surface area contributed by atoms with Crippen molar-refractivity contribution >= 4 is 10.8 Å².